The van der Waals surface area contributed by atoms with E-state index in [1.54, 1.807) is 0 Å². The number of amides is 1. The van der Waals surface area contributed by atoms with Gasteiger partial charge in [0, 0.05) is 31.7 Å². The van der Waals surface area contributed by atoms with Crippen LogP contribution in [0.1, 0.15) is 48.5 Å². The number of aliphatic hydroxyl groups is 1. The number of hydrogen-bond acceptors (Lipinski definition) is 3. The predicted octanol–water partition coefficient (Wildman–Crippen LogP) is 2.52. The van der Waals surface area contributed by atoms with Gasteiger partial charge in [-0.15, -0.1) is 0 Å². The van der Waals surface area contributed by atoms with Crippen LogP contribution in [0.4, 0.5) is 0 Å². The van der Waals surface area contributed by atoms with Crippen LogP contribution in [-0.2, 0) is 6.54 Å². The highest BCUT2D eigenvalue weighted by molar-refractivity contribution is 5.94. The number of β-amino-alcohol motifs (C(OH)–C–C–N with tert-alkyl or cyclic N) is 1. The van der Waals surface area contributed by atoms with Gasteiger partial charge in [-0.2, -0.15) is 0 Å². The summed E-state index contributed by atoms with van der Waals surface area (Å²) in [5, 5.41) is 10.0. The molecule has 2 aliphatic heterocycles. The maximum absolute atomic E-state index is 12.6. The third kappa shape index (κ3) is 4.12. The van der Waals surface area contributed by atoms with Crippen molar-refractivity contribution in [2.75, 3.05) is 26.2 Å². The molecule has 0 spiro atoms. The Morgan fingerprint density at radius 2 is 2.00 bits per heavy atom. The van der Waals surface area contributed by atoms with Gasteiger partial charge in [0.1, 0.15) is 0 Å². The average Bonchev–Trinajstić information content (AvgIpc) is 2.58. The molecular weight excluding hydrogens is 288 g/mol. The van der Waals surface area contributed by atoms with Crippen LogP contribution in [-0.4, -0.2) is 53.1 Å². The number of rotatable bonds is 3. The van der Waals surface area contributed by atoms with E-state index >= 15 is 0 Å². The summed E-state index contributed by atoms with van der Waals surface area (Å²) in [6.45, 7) is 6.44. The van der Waals surface area contributed by atoms with Gasteiger partial charge < -0.3 is 10.0 Å². The minimum atomic E-state index is -0.234. The zero-order valence-corrected chi connectivity index (χ0v) is 14.1. The fraction of sp³-hybridized carbons (Fsp3) is 0.632. The lowest BCUT2D eigenvalue weighted by molar-refractivity contribution is 0.0259. The normalized spacial score (nSPS) is 26.3. The first-order valence-electron chi connectivity index (χ1n) is 8.92. The monoisotopic (exact) mass is 316 g/mol. The third-order valence-electron chi connectivity index (χ3n) is 5.23. The molecule has 2 saturated heterocycles. The summed E-state index contributed by atoms with van der Waals surface area (Å²) < 4.78 is 0. The molecule has 1 aromatic carbocycles. The van der Waals surface area contributed by atoms with E-state index < -0.39 is 0 Å². The molecule has 2 fully saturated rings. The minimum absolute atomic E-state index is 0.166. The number of carbonyl (C=O) groups excluding carboxylic acids is 1. The van der Waals surface area contributed by atoms with E-state index in [1.165, 1.54) is 6.42 Å². The van der Waals surface area contributed by atoms with Gasteiger partial charge in [0.05, 0.1) is 6.10 Å². The van der Waals surface area contributed by atoms with Crippen LogP contribution >= 0.6 is 0 Å². The Kier molecular flexibility index (Phi) is 5.34. The molecule has 2 aliphatic rings. The largest absolute Gasteiger partial charge is 0.392 e. The lowest BCUT2D eigenvalue weighted by Gasteiger charge is -2.34. The summed E-state index contributed by atoms with van der Waals surface area (Å²) >= 11 is 0. The number of hydrogen-bond donors (Lipinski definition) is 1. The quantitative estimate of drug-likeness (QED) is 0.932. The highest BCUT2D eigenvalue weighted by Crippen LogP contribution is 2.20. The van der Waals surface area contributed by atoms with E-state index in [1.807, 2.05) is 23.1 Å². The molecule has 0 bridgehead atoms. The number of nitrogens with zero attached hydrogens (tertiary/aromatic N) is 2. The lowest BCUT2D eigenvalue weighted by atomic mass is 9.95. The van der Waals surface area contributed by atoms with Gasteiger partial charge in [0.2, 0.25) is 0 Å². The molecule has 4 nitrogen and oxygen atoms in total. The van der Waals surface area contributed by atoms with Crippen molar-refractivity contribution >= 4 is 5.91 Å². The molecule has 23 heavy (non-hydrogen) atoms. The Labute approximate surface area is 139 Å². The van der Waals surface area contributed by atoms with Crippen LogP contribution in [0.15, 0.2) is 24.3 Å². The Balaban J connectivity index is 1.64. The van der Waals surface area contributed by atoms with Crippen LogP contribution in [0.25, 0.3) is 0 Å². The molecule has 2 heterocycles. The molecule has 1 amide bonds. The number of likely N-dealkylation sites (tertiary alicyclic amines) is 2. The molecule has 0 saturated carbocycles. The summed E-state index contributed by atoms with van der Waals surface area (Å²) in [4.78, 5) is 16.9. The van der Waals surface area contributed by atoms with Crippen LogP contribution in [0, 0.1) is 5.92 Å². The Hall–Kier alpha value is -1.39. The molecule has 4 heteroatoms. The van der Waals surface area contributed by atoms with E-state index in [4.69, 9.17) is 0 Å². The van der Waals surface area contributed by atoms with E-state index in [0.29, 0.717) is 5.92 Å². The van der Waals surface area contributed by atoms with Gasteiger partial charge in [-0.05, 0) is 55.8 Å². The zero-order valence-electron chi connectivity index (χ0n) is 14.1. The lowest BCUT2D eigenvalue weighted by Crippen LogP contribution is -2.42. The number of piperidine rings is 2. The van der Waals surface area contributed by atoms with Crippen LogP contribution in [0.5, 0.6) is 0 Å². The fourth-order valence-electron chi connectivity index (χ4n) is 3.60. The fourth-order valence-corrected chi connectivity index (χ4v) is 3.60. The maximum Gasteiger partial charge on any atom is 0.253 e. The summed E-state index contributed by atoms with van der Waals surface area (Å²) in [7, 11) is 0. The van der Waals surface area contributed by atoms with Crippen molar-refractivity contribution in [2.24, 2.45) is 5.92 Å². The SMILES string of the molecule is CC1CCN(Cc2cccc(C(=O)N3CCCCC3)c2)CC1O. The highest BCUT2D eigenvalue weighted by Gasteiger charge is 2.24. The molecular formula is C19H28N2O2. The Bertz CT molecular complexity index is 540. The zero-order chi connectivity index (χ0) is 16.2. The van der Waals surface area contributed by atoms with Crippen molar-refractivity contribution in [3.8, 4) is 0 Å². The molecule has 126 valence electrons. The second kappa shape index (κ2) is 7.45. The van der Waals surface area contributed by atoms with Crippen molar-refractivity contribution < 1.29 is 9.90 Å². The van der Waals surface area contributed by atoms with Crippen molar-refractivity contribution in [1.29, 1.82) is 0 Å². The third-order valence-corrected chi connectivity index (χ3v) is 5.23. The van der Waals surface area contributed by atoms with Crippen LogP contribution < -0.4 is 0 Å². The topological polar surface area (TPSA) is 43.8 Å². The van der Waals surface area contributed by atoms with E-state index in [2.05, 4.69) is 17.9 Å². The smallest absolute Gasteiger partial charge is 0.253 e. The van der Waals surface area contributed by atoms with Crippen LogP contribution in [0.3, 0.4) is 0 Å². The molecule has 0 radical (unpaired) electrons. The van der Waals surface area contributed by atoms with E-state index in [-0.39, 0.29) is 12.0 Å². The van der Waals surface area contributed by atoms with Gasteiger partial charge in [-0.1, -0.05) is 19.1 Å². The first kappa shape index (κ1) is 16.5. The highest BCUT2D eigenvalue weighted by atomic mass is 16.3. The van der Waals surface area contributed by atoms with Gasteiger partial charge in [-0.3, -0.25) is 9.69 Å². The van der Waals surface area contributed by atoms with Gasteiger partial charge in [-0.25, -0.2) is 0 Å². The minimum Gasteiger partial charge on any atom is -0.392 e. The average molecular weight is 316 g/mol. The molecule has 1 N–H and O–H groups in total. The first-order valence-corrected chi connectivity index (χ1v) is 8.92. The van der Waals surface area contributed by atoms with E-state index in [9.17, 15) is 9.90 Å². The summed E-state index contributed by atoms with van der Waals surface area (Å²) in [6.07, 6.45) is 4.28. The Morgan fingerprint density at radius 3 is 2.74 bits per heavy atom. The molecule has 0 aliphatic carbocycles. The summed E-state index contributed by atoms with van der Waals surface area (Å²) in [5.41, 5.74) is 1.96. The molecule has 2 unspecified atom stereocenters. The molecule has 3 rings (SSSR count). The summed E-state index contributed by atoms with van der Waals surface area (Å²) in [6, 6.07) is 8.02. The molecule has 2 atom stereocenters. The van der Waals surface area contributed by atoms with Crippen molar-refractivity contribution in [3.63, 3.8) is 0 Å². The van der Waals surface area contributed by atoms with Crippen LogP contribution in [0.2, 0.25) is 0 Å². The molecule has 0 aromatic heterocycles. The number of aliphatic hydroxyl groups excluding tert-OH is 1. The van der Waals surface area contributed by atoms with Crippen molar-refractivity contribution in [3.05, 3.63) is 35.4 Å². The van der Waals surface area contributed by atoms with Crippen molar-refractivity contribution in [2.45, 2.75) is 45.3 Å². The molecule has 1 aromatic rings. The Morgan fingerprint density at radius 1 is 1.22 bits per heavy atom. The summed E-state index contributed by atoms with van der Waals surface area (Å²) in [5.74, 6) is 0.553. The van der Waals surface area contributed by atoms with Crippen molar-refractivity contribution in [1.82, 2.24) is 9.80 Å². The van der Waals surface area contributed by atoms with Gasteiger partial charge >= 0.3 is 0 Å². The number of carbonyl (C=O) groups is 1. The standard InChI is InChI=1S/C19H28N2O2/c1-15-8-11-20(14-18(15)22)13-16-6-5-7-17(12-16)19(23)21-9-3-2-4-10-21/h5-7,12,15,18,22H,2-4,8-11,13-14H2,1H3. The first-order chi connectivity index (χ1) is 11.1. The van der Waals surface area contributed by atoms with Gasteiger partial charge in [0.15, 0.2) is 0 Å². The van der Waals surface area contributed by atoms with E-state index in [0.717, 1.165) is 63.1 Å². The second-order valence-corrected chi connectivity index (χ2v) is 7.12. The maximum atomic E-state index is 12.6. The second-order valence-electron chi connectivity index (χ2n) is 7.12. The van der Waals surface area contributed by atoms with Gasteiger partial charge in [0.25, 0.3) is 5.91 Å². The predicted molar refractivity (Wildman–Crippen MR) is 91.3 cm³/mol. The number of benzene rings is 1.